The summed E-state index contributed by atoms with van der Waals surface area (Å²) in [4.78, 5) is 37.8. The van der Waals surface area contributed by atoms with E-state index in [0.717, 1.165) is 21.2 Å². The van der Waals surface area contributed by atoms with Gasteiger partial charge in [0.05, 0.1) is 23.7 Å². The first-order valence-electron chi connectivity index (χ1n) is 11.4. The topological polar surface area (TPSA) is 98.1 Å². The fourth-order valence-electron chi connectivity index (χ4n) is 4.08. The molecular weight excluding hydrogens is 531 g/mol. The minimum absolute atomic E-state index is 0.0302. The van der Waals surface area contributed by atoms with E-state index in [1.807, 2.05) is 42.5 Å². The highest BCUT2D eigenvalue weighted by atomic mass is 35.5. The van der Waals surface area contributed by atoms with Crippen molar-refractivity contribution in [2.45, 2.75) is 13.2 Å². The zero-order valence-electron chi connectivity index (χ0n) is 20.0. The molecule has 8 nitrogen and oxygen atoms in total. The number of esters is 1. The van der Waals surface area contributed by atoms with Crippen LogP contribution in [-0.2, 0) is 22.7 Å². The smallest absolute Gasteiger partial charge is 0.373 e. The number of hydrogen-bond acceptors (Lipinski definition) is 6. The monoisotopic (exact) mass is 550 g/mol. The minimum atomic E-state index is -0.660. The van der Waals surface area contributed by atoms with E-state index in [0.29, 0.717) is 11.3 Å². The molecule has 1 N–H and O–H groups in total. The van der Waals surface area contributed by atoms with Crippen LogP contribution in [0.25, 0.3) is 16.8 Å². The van der Waals surface area contributed by atoms with Crippen molar-refractivity contribution in [3.8, 4) is 5.75 Å². The van der Waals surface area contributed by atoms with Gasteiger partial charge in [-0.25, -0.2) is 9.59 Å². The fraction of sp³-hybridized carbons (Fsp3) is 0.107. The summed E-state index contributed by atoms with van der Waals surface area (Å²) in [6.07, 6.45) is 1.47. The van der Waals surface area contributed by atoms with Crippen LogP contribution in [0.2, 0.25) is 10.0 Å². The van der Waals surface area contributed by atoms with E-state index in [-0.39, 0.29) is 40.4 Å². The van der Waals surface area contributed by atoms with Crippen molar-refractivity contribution in [3.05, 3.63) is 105 Å². The number of fused-ring (bicyclic) bond motifs is 1. The maximum Gasteiger partial charge on any atom is 0.373 e. The molecule has 1 saturated heterocycles. The number of nitrogens with one attached hydrogen (secondary N) is 1. The minimum Gasteiger partial charge on any atom is -0.486 e. The zero-order valence-corrected chi connectivity index (χ0v) is 21.5. The lowest BCUT2D eigenvalue weighted by molar-refractivity contribution is -0.123. The Labute approximate surface area is 227 Å². The fourth-order valence-corrected chi connectivity index (χ4v) is 4.69. The molecule has 0 unspecified atom stereocenters. The maximum absolute atomic E-state index is 12.9. The van der Waals surface area contributed by atoms with E-state index in [1.54, 1.807) is 12.1 Å². The number of benzene rings is 3. The summed E-state index contributed by atoms with van der Waals surface area (Å²) >= 11 is 12.9. The summed E-state index contributed by atoms with van der Waals surface area (Å²) in [7, 11) is 1.22. The zero-order chi connectivity index (χ0) is 26.8. The van der Waals surface area contributed by atoms with E-state index >= 15 is 0 Å². The Hall–Kier alpha value is -4.27. The molecule has 1 fully saturated rings. The number of rotatable bonds is 7. The van der Waals surface area contributed by atoms with Gasteiger partial charge >= 0.3 is 12.0 Å². The van der Waals surface area contributed by atoms with Gasteiger partial charge in [-0.2, -0.15) is 0 Å². The summed E-state index contributed by atoms with van der Waals surface area (Å²) in [6.45, 7) is 0.0939. The quantitative estimate of drug-likeness (QED) is 0.167. The molecule has 0 saturated carbocycles. The molecule has 10 heteroatoms. The molecule has 38 heavy (non-hydrogen) atoms. The van der Waals surface area contributed by atoms with Crippen LogP contribution in [0.3, 0.4) is 0 Å². The standard InChI is InChI=1S/C28H20Cl2N2O6/c1-36-27(34)24-10-9-19(38-24)14-32-26(33)23(31-28(32)35)13-16-11-21(29)25(22(30)12-16)37-15-18-7-4-6-17-5-2-3-8-20(17)18/h2-13H,14-15H2,1H3,(H,31,35)/b23-13-. The third kappa shape index (κ3) is 5.09. The maximum atomic E-state index is 12.9. The van der Waals surface area contributed by atoms with Gasteiger partial charge in [-0.1, -0.05) is 65.7 Å². The normalized spacial score (nSPS) is 14.3. The molecule has 0 aliphatic carbocycles. The second-order valence-corrected chi connectivity index (χ2v) is 9.19. The van der Waals surface area contributed by atoms with Crippen LogP contribution in [-0.4, -0.2) is 29.9 Å². The van der Waals surface area contributed by atoms with Gasteiger partial charge in [-0.3, -0.25) is 9.69 Å². The Bertz CT molecular complexity index is 1580. The highest BCUT2D eigenvalue weighted by Crippen LogP contribution is 2.36. The molecule has 0 bridgehead atoms. The number of hydrogen-bond donors (Lipinski definition) is 1. The molecule has 1 aliphatic heterocycles. The average Bonchev–Trinajstić information content (AvgIpc) is 3.48. The molecule has 1 aliphatic rings. The van der Waals surface area contributed by atoms with Gasteiger partial charge < -0.3 is 19.2 Å². The van der Waals surface area contributed by atoms with Gasteiger partial charge in [0.15, 0.2) is 5.75 Å². The third-order valence-corrected chi connectivity index (χ3v) is 6.47. The highest BCUT2D eigenvalue weighted by molar-refractivity contribution is 6.37. The van der Waals surface area contributed by atoms with Gasteiger partial charge in [-0.05, 0) is 52.2 Å². The van der Waals surface area contributed by atoms with Crippen molar-refractivity contribution in [2.24, 2.45) is 0 Å². The molecule has 3 amide bonds. The van der Waals surface area contributed by atoms with E-state index in [1.165, 1.54) is 25.3 Å². The van der Waals surface area contributed by atoms with Crippen molar-refractivity contribution < 1.29 is 28.3 Å². The summed E-state index contributed by atoms with van der Waals surface area (Å²) in [6, 6.07) is 19.4. The Morgan fingerprint density at radius 3 is 2.53 bits per heavy atom. The van der Waals surface area contributed by atoms with Gasteiger partial charge in [0.25, 0.3) is 5.91 Å². The molecular formula is C28H20Cl2N2O6. The van der Waals surface area contributed by atoms with Gasteiger partial charge in [0.2, 0.25) is 5.76 Å². The summed E-state index contributed by atoms with van der Waals surface area (Å²) in [5, 5.41) is 5.20. The molecule has 3 aromatic carbocycles. The number of urea groups is 1. The number of halogens is 2. The number of methoxy groups -OCH3 is 1. The first-order valence-corrected chi connectivity index (χ1v) is 12.2. The van der Waals surface area contributed by atoms with Crippen LogP contribution in [0.15, 0.2) is 76.8 Å². The Balaban J connectivity index is 1.31. The predicted octanol–water partition coefficient (Wildman–Crippen LogP) is 6.20. The van der Waals surface area contributed by atoms with Crippen molar-refractivity contribution in [1.29, 1.82) is 0 Å². The Morgan fingerprint density at radius 2 is 1.76 bits per heavy atom. The molecule has 192 valence electrons. The molecule has 0 atom stereocenters. The molecule has 4 aromatic rings. The third-order valence-electron chi connectivity index (χ3n) is 5.91. The van der Waals surface area contributed by atoms with Crippen LogP contribution in [0.1, 0.15) is 27.4 Å². The van der Waals surface area contributed by atoms with Gasteiger partial charge in [0.1, 0.15) is 18.1 Å². The highest BCUT2D eigenvalue weighted by Gasteiger charge is 2.34. The van der Waals surface area contributed by atoms with Gasteiger partial charge in [0, 0.05) is 0 Å². The number of imide groups is 1. The first-order chi connectivity index (χ1) is 18.3. The lowest BCUT2D eigenvalue weighted by Crippen LogP contribution is -2.30. The number of amides is 3. The molecule has 0 radical (unpaired) electrons. The summed E-state index contributed by atoms with van der Waals surface area (Å²) < 4.78 is 15.9. The number of carbonyl (C=O) groups is 3. The molecule has 2 heterocycles. The summed E-state index contributed by atoms with van der Waals surface area (Å²) in [5.41, 5.74) is 1.51. The van der Waals surface area contributed by atoms with E-state index in [9.17, 15) is 14.4 Å². The van der Waals surface area contributed by atoms with E-state index in [4.69, 9.17) is 32.4 Å². The Morgan fingerprint density at radius 1 is 1.03 bits per heavy atom. The van der Waals surface area contributed by atoms with Crippen LogP contribution >= 0.6 is 23.2 Å². The lowest BCUT2D eigenvalue weighted by Gasteiger charge is -2.13. The van der Waals surface area contributed by atoms with E-state index < -0.39 is 17.9 Å². The van der Waals surface area contributed by atoms with Crippen LogP contribution in [0.5, 0.6) is 5.75 Å². The Kier molecular flexibility index (Phi) is 7.09. The van der Waals surface area contributed by atoms with Crippen molar-refractivity contribution in [3.63, 3.8) is 0 Å². The summed E-state index contributed by atoms with van der Waals surface area (Å²) in [5.74, 6) is -0.709. The van der Waals surface area contributed by atoms with Crippen molar-refractivity contribution in [1.82, 2.24) is 10.2 Å². The number of furan rings is 1. The predicted molar refractivity (Wildman–Crippen MR) is 142 cm³/mol. The number of ether oxygens (including phenoxy) is 2. The molecule has 1 aromatic heterocycles. The van der Waals surface area contributed by atoms with Gasteiger partial charge in [-0.15, -0.1) is 0 Å². The average molecular weight is 551 g/mol. The van der Waals surface area contributed by atoms with Crippen LogP contribution < -0.4 is 10.1 Å². The number of carbonyl (C=O) groups excluding carboxylic acids is 3. The van der Waals surface area contributed by atoms with Crippen LogP contribution in [0, 0.1) is 0 Å². The van der Waals surface area contributed by atoms with Crippen molar-refractivity contribution in [2.75, 3.05) is 7.11 Å². The van der Waals surface area contributed by atoms with Crippen molar-refractivity contribution >= 4 is 58.0 Å². The largest absolute Gasteiger partial charge is 0.486 e. The SMILES string of the molecule is COC(=O)c1ccc(CN2C(=O)N/C(=C\c3cc(Cl)c(OCc4cccc5ccccc45)c(Cl)c3)C2=O)o1. The second-order valence-electron chi connectivity index (χ2n) is 8.38. The first kappa shape index (κ1) is 25.4. The molecule has 0 spiro atoms. The van der Waals surface area contributed by atoms with E-state index in [2.05, 4.69) is 10.1 Å². The second kappa shape index (κ2) is 10.6. The number of nitrogens with zero attached hydrogens (tertiary/aromatic N) is 1. The van der Waals surface area contributed by atoms with Crippen LogP contribution in [0.4, 0.5) is 4.79 Å². The lowest BCUT2D eigenvalue weighted by atomic mass is 10.1. The molecule has 5 rings (SSSR count).